The topological polar surface area (TPSA) is 61.8 Å². The van der Waals surface area contributed by atoms with Gasteiger partial charge in [0.05, 0.1) is 11.7 Å². The van der Waals surface area contributed by atoms with Gasteiger partial charge in [-0.1, -0.05) is 6.07 Å². The SMILES string of the molecule is Cc1c(C(O)CN2CC3CCC(C2)N3)ccc2c1COC2=O. The lowest BCUT2D eigenvalue weighted by molar-refractivity contribution is 0.0535. The average molecular weight is 302 g/mol. The number of piperazine rings is 1. The van der Waals surface area contributed by atoms with Gasteiger partial charge < -0.3 is 15.2 Å². The number of carbonyl (C=O) groups is 1. The summed E-state index contributed by atoms with van der Waals surface area (Å²) in [4.78, 5) is 14.0. The van der Waals surface area contributed by atoms with Gasteiger partial charge in [-0.15, -0.1) is 0 Å². The predicted molar refractivity (Wildman–Crippen MR) is 81.6 cm³/mol. The largest absolute Gasteiger partial charge is 0.457 e. The molecule has 3 heterocycles. The summed E-state index contributed by atoms with van der Waals surface area (Å²) in [6.45, 7) is 4.99. The molecule has 5 heteroatoms. The highest BCUT2D eigenvalue weighted by Gasteiger charge is 2.33. The molecule has 2 bridgehead atoms. The number of cyclic esters (lactones) is 1. The van der Waals surface area contributed by atoms with Crippen LogP contribution in [0.5, 0.6) is 0 Å². The second kappa shape index (κ2) is 5.33. The summed E-state index contributed by atoms with van der Waals surface area (Å²) < 4.78 is 5.09. The highest BCUT2D eigenvalue weighted by Crippen LogP contribution is 2.30. The molecule has 4 rings (SSSR count). The lowest BCUT2D eigenvalue weighted by Crippen LogP contribution is -2.51. The molecule has 5 nitrogen and oxygen atoms in total. The third kappa shape index (κ3) is 2.33. The number of ether oxygens (including phenoxy) is 1. The van der Waals surface area contributed by atoms with Crippen LogP contribution in [0.4, 0.5) is 0 Å². The number of nitrogens with one attached hydrogen (secondary N) is 1. The summed E-state index contributed by atoms with van der Waals surface area (Å²) in [6.07, 6.45) is 1.97. The molecule has 2 fully saturated rings. The summed E-state index contributed by atoms with van der Waals surface area (Å²) in [6, 6.07) is 4.83. The van der Waals surface area contributed by atoms with Crippen molar-refractivity contribution in [1.82, 2.24) is 10.2 Å². The van der Waals surface area contributed by atoms with Crippen molar-refractivity contribution < 1.29 is 14.6 Å². The standard InChI is InChI=1S/C17H22N2O3/c1-10-13(4-5-14-15(10)9-22-17(14)21)16(20)8-19-6-11-2-3-12(7-19)18-11/h4-5,11-12,16,18,20H,2-3,6-9H2,1H3. The molecule has 22 heavy (non-hydrogen) atoms. The summed E-state index contributed by atoms with van der Waals surface area (Å²) in [5, 5.41) is 14.3. The van der Waals surface area contributed by atoms with Gasteiger partial charge in [0, 0.05) is 37.3 Å². The van der Waals surface area contributed by atoms with Gasteiger partial charge in [0.2, 0.25) is 0 Å². The number of aliphatic hydroxyl groups excluding tert-OH is 1. The maximum absolute atomic E-state index is 11.6. The monoisotopic (exact) mass is 302 g/mol. The molecule has 0 aliphatic carbocycles. The number of esters is 1. The highest BCUT2D eigenvalue weighted by atomic mass is 16.5. The van der Waals surface area contributed by atoms with Crippen molar-refractivity contribution in [3.63, 3.8) is 0 Å². The molecule has 1 aromatic rings. The molecule has 0 spiro atoms. The molecular weight excluding hydrogens is 280 g/mol. The maximum Gasteiger partial charge on any atom is 0.338 e. The van der Waals surface area contributed by atoms with Gasteiger partial charge in [0.25, 0.3) is 0 Å². The fourth-order valence-electron chi connectivity index (χ4n) is 4.11. The number of rotatable bonds is 3. The van der Waals surface area contributed by atoms with Crippen LogP contribution in [0.2, 0.25) is 0 Å². The van der Waals surface area contributed by atoms with Gasteiger partial charge in [-0.05, 0) is 37.0 Å². The van der Waals surface area contributed by atoms with Crippen LogP contribution < -0.4 is 5.32 Å². The zero-order valence-electron chi connectivity index (χ0n) is 12.8. The molecule has 3 aliphatic rings. The molecule has 3 aliphatic heterocycles. The van der Waals surface area contributed by atoms with E-state index in [1.807, 2.05) is 13.0 Å². The number of hydrogen-bond donors (Lipinski definition) is 2. The van der Waals surface area contributed by atoms with Crippen molar-refractivity contribution in [1.29, 1.82) is 0 Å². The second-order valence-electron chi connectivity index (χ2n) is 6.75. The Balaban J connectivity index is 1.51. The molecule has 2 saturated heterocycles. The van der Waals surface area contributed by atoms with Crippen molar-refractivity contribution in [2.45, 2.75) is 44.6 Å². The fourth-order valence-corrected chi connectivity index (χ4v) is 4.11. The molecule has 1 aromatic carbocycles. The van der Waals surface area contributed by atoms with E-state index in [1.54, 1.807) is 6.07 Å². The van der Waals surface area contributed by atoms with E-state index in [0.717, 1.165) is 29.8 Å². The van der Waals surface area contributed by atoms with Crippen LogP contribution in [0.25, 0.3) is 0 Å². The Morgan fingerprint density at radius 1 is 1.36 bits per heavy atom. The lowest BCUT2D eigenvalue weighted by Gasteiger charge is -2.34. The summed E-state index contributed by atoms with van der Waals surface area (Å²) >= 11 is 0. The summed E-state index contributed by atoms with van der Waals surface area (Å²) in [7, 11) is 0. The first-order valence-electron chi connectivity index (χ1n) is 8.08. The zero-order valence-corrected chi connectivity index (χ0v) is 12.8. The predicted octanol–water partition coefficient (Wildman–Crippen LogP) is 1.14. The number of fused-ring (bicyclic) bond motifs is 3. The third-order valence-corrected chi connectivity index (χ3v) is 5.29. The van der Waals surface area contributed by atoms with Crippen LogP contribution in [0.1, 0.15) is 46.0 Å². The number of hydrogen-bond acceptors (Lipinski definition) is 5. The Morgan fingerprint density at radius 2 is 2.09 bits per heavy atom. The van der Waals surface area contributed by atoms with Crippen molar-refractivity contribution in [3.8, 4) is 0 Å². The van der Waals surface area contributed by atoms with Gasteiger partial charge in [0.1, 0.15) is 6.61 Å². The fraction of sp³-hybridized carbons (Fsp3) is 0.588. The minimum absolute atomic E-state index is 0.252. The average Bonchev–Trinajstić information content (AvgIpc) is 3.03. The second-order valence-corrected chi connectivity index (χ2v) is 6.75. The third-order valence-electron chi connectivity index (χ3n) is 5.29. The number of β-amino-alcohol motifs (C(OH)–C–C–N with tert-alkyl or cyclic N) is 1. The molecule has 2 N–H and O–H groups in total. The van der Waals surface area contributed by atoms with Crippen molar-refractivity contribution in [3.05, 3.63) is 34.4 Å². The van der Waals surface area contributed by atoms with E-state index in [0.29, 0.717) is 30.8 Å². The maximum atomic E-state index is 11.6. The van der Waals surface area contributed by atoms with Gasteiger partial charge in [0.15, 0.2) is 0 Å². The minimum Gasteiger partial charge on any atom is -0.457 e. The van der Waals surface area contributed by atoms with E-state index in [1.165, 1.54) is 12.8 Å². The number of aliphatic hydroxyl groups is 1. The Kier molecular flexibility index (Phi) is 3.44. The summed E-state index contributed by atoms with van der Waals surface area (Å²) in [5.74, 6) is -0.252. The number of carbonyl (C=O) groups excluding carboxylic acids is 1. The lowest BCUT2D eigenvalue weighted by atomic mass is 9.95. The van der Waals surface area contributed by atoms with E-state index in [2.05, 4.69) is 10.2 Å². The zero-order chi connectivity index (χ0) is 15.3. The molecule has 0 aromatic heterocycles. The molecular formula is C17H22N2O3. The molecule has 3 unspecified atom stereocenters. The van der Waals surface area contributed by atoms with Gasteiger partial charge >= 0.3 is 5.97 Å². The molecule has 0 radical (unpaired) electrons. The van der Waals surface area contributed by atoms with E-state index in [-0.39, 0.29) is 5.97 Å². The molecule has 3 atom stereocenters. The van der Waals surface area contributed by atoms with Crippen LogP contribution in [0.3, 0.4) is 0 Å². The van der Waals surface area contributed by atoms with E-state index in [9.17, 15) is 9.90 Å². The quantitative estimate of drug-likeness (QED) is 0.820. The van der Waals surface area contributed by atoms with Crippen molar-refractivity contribution in [2.24, 2.45) is 0 Å². The van der Waals surface area contributed by atoms with E-state index in [4.69, 9.17) is 4.74 Å². The summed E-state index contributed by atoms with van der Waals surface area (Å²) in [5.41, 5.74) is 3.49. The molecule has 0 amide bonds. The van der Waals surface area contributed by atoms with Crippen LogP contribution in [-0.4, -0.2) is 47.7 Å². The smallest absolute Gasteiger partial charge is 0.338 e. The van der Waals surface area contributed by atoms with Crippen molar-refractivity contribution in [2.75, 3.05) is 19.6 Å². The normalized spacial score (nSPS) is 28.5. The highest BCUT2D eigenvalue weighted by molar-refractivity contribution is 5.93. The van der Waals surface area contributed by atoms with Crippen molar-refractivity contribution >= 4 is 5.97 Å². The molecule has 0 saturated carbocycles. The van der Waals surface area contributed by atoms with Crippen LogP contribution in [-0.2, 0) is 11.3 Å². The Labute approximate surface area is 130 Å². The molecule has 118 valence electrons. The van der Waals surface area contributed by atoms with Crippen LogP contribution >= 0.6 is 0 Å². The van der Waals surface area contributed by atoms with Crippen LogP contribution in [0.15, 0.2) is 12.1 Å². The Morgan fingerprint density at radius 3 is 2.82 bits per heavy atom. The Hall–Kier alpha value is -1.43. The Bertz CT molecular complexity index is 604. The first-order chi connectivity index (χ1) is 10.6. The van der Waals surface area contributed by atoms with Gasteiger partial charge in [-0.3, -0.25) is 4.90 Å². The number of likely N-dealkylation sites (tertiary alicyclic amines) is 1. The minimum atomic E-state index is -0.515. The van der Waals surface area contributed by atoms with Gasteiger partial charge in [-0.2, -0.15) is 0 Å². The number of nitrogens with zero attached hydrogens (tertiary/aromatic N) is 1. The van der Waals surface area contributed by atoms with Gasteiger partial charge in [-0.25, -0.2) is 4.79 Å². The first kappa shape index (κ1) is 14.2. The van der Waals surface area contributed by atoms with E-state index < -0.39 is 6.10 Å². The number of benzene rings is 1. The van der Waals surface area contributed by atoms with Crippen LogP contribution in [0, 0.1) is 6.92 Å². The first-order valence-corrected chi connectivity index (χ1v) is 8.08. The van der Waals surface area contributed by atoms with E-state index >= 15 is 0 Å².